The Kier molecular flexibility index (Phi) is 4.58. The molecule has 2 unspecified atom stereocenters. The van der Waals surface area contributed by atoms with Crippen LogP contribution in [0.3, 0.4) is 0 Å². The van der Waals surface area contributed by atoms with Gasteiger partial charge in [-0.1, -0.05) is 18.2 Å². The van der Waals surface area contributed by atoms with E-state index in [4.69, 9.17) is 4.74 Å². The lowest BCUT2D eigenvalue weighted by Gasteiger charge is -2.28. The van der Waals surface area contributed by atoms with Gasteiger partial charge in [-0.15, -0.1) is 0 Å². The van der Waals surface area contributed by atoms with Gasteiger partial charge in [0.15, 0.2) is 0 Å². The molecule has 0 aromatic heterocycles. The number of nitrogens with zero attached hydrogens (tertiary/aromatic N) is 1. The van der Waals surface area contributed by atoms with Crippen molar-refractivity contribution in [2.24, 2.45) is 0 Å². The molecule has 1 aromatic carbocycles. The van der Waals surface area contributed by atoms with Gasteiger partial charge < -0.3 is 20.1 Å². The van der Waals surface area contributed by atoms with Crippen molar-refractivity contribution < 1.29 is 9.84 Å². The zero-order valence-electron chi connectivity index (χ0n) is 11.1. The average molecular weight is 250 g/mol. The first-order valence-corrected chi connectivity index (χ1v) is 6.44. The van der Waals surface area contributed by atoms with Crippen LogP contribution in [0.15, 0.2) is 24.3 Å². The van der Waals surface area contributed by atoms with E-state index in [2.05, 4.69) is 11.4 Å². The van der Waals surface area contributed by atoms with E-state index >= 15 is 0 Å². The Morgan fingerprint density at radius 3 is 3.00 bits per heavy atom. The van der Waals surface area contributed by atoms with Crippen LogP contribution in [-0.2, 0) is 0 Å². The van der Waals surface area contributed by atoms with Gasteiger partial charge in [0.1, 0.15) is 5.75 Å². The van der Waals surface area contributed by atoms with Crippen LogP contribution in [-0.4, -0.2) is 49.9 Å². The van der Waals surface area contributed by atoms with Crippen molar-refractivity contribution in [1.82, 2.24) is 10.2 Å². The highest BCUT2D eigenvalue weighted by atomic mass is 16.5. The molecule has 0 amide bonds. The van der Waals surface area contributed by atoms with Gasteiger partial charge >= 0.3 is 0 Å². The third-order valence-electron chi connectivity index (χ3n) is 3.13. The summed E-state index contributed by atoms with van der Waals surface area (Å²) in [6.07, 6.45) is 0.612. The average Bonchev–Trinajstić information content (AvgIpc) is 2.35. The fourth-order valence-corrected chi connectivity index (χ4v) is 2.32. The van der Waals surface area contributed by atoms with Crippen LogP contribution >= 0.6 is 0 Å². The van der Waals surface area contributed by atoms with Gasteiger partial charge in [0, 0.05) is 31.1 Å². The number of rotatable bonds is 5. The van der Waals surface area contributed by atoms with Gasteiger partial charge in [0.05, 0.1) is 12.7 Å². The van der Waals surface area contributed by atoms with E-state index < -0.39 is 0 Å². The molecule has 0 spiro atoms. The first kappa shape index (κ1) is 13.3. The van der Waals surface area contributed by atoms with Crippen molar-refractivity contribution >= 4 is 0 Å². The second kappa shape index (κ2) is 6.18. The molecule has 0 saturated carbocycles. The molecule has 0 radical (unpaired) electrons. The normalized spacial score (nSPS) is 20.3. The first-order valence-electron chi connectivity index (χ1n) is 6.44. The molecule has 18 heavy (non-hydrogen) atoms. The number of benzene rings is 1. The van der Waals surface area contributed by atoms with Crippen molar-refractivity contribution in [1.29, 1.82) is 0 Å². The highest BCUT2D eigenvalue weighted by Gasteiger charge is 2.21. The van der Waals surface area contributed by atoms with Crippen LogP contribution < -0.4 is 10.1 Å². The molecule has 1 heterocycles. The number of hydrogen-bond donors (Lipinski definition) is 2. The second-order valence-electron chi connectivity index (χ2n) is 5.05. The standard InChI is InChI=1S/C14H22N2O2/c1-16(2)10-11(17)9-15-13-7-8-18-14-6-4-3-5-12(13)14/h3-6,11,13,15,17H,7-10H2,1-2H3. The van der Waals surface area contributed by atoms with Crippen LogP contribution in [0.2, 0.25) is 0 Å². The quantitative estimate of drug-likeness (QED) is 0.819. The van der Waals surface area contributed by atoms with Crippen LogP contribution in [0.1, 0.15) is 18.0 Å². The molecule has 0 aliphatic carbocycles. The van der Waals surface area contributed by atoms with Gasteiger partial charge in [-0.05, 0) is 20.2 Å². The van der Waals surface area contributed by atoms with Crippen molar-refractivity contribution in [3.63, 3.8) is 0 Å². The van der Waals surface area contributed by atoms with Crippen molar-refractivity contribution in [2.45, 2.75) is 18.6 Å². The summed E-state index contributed by atoms with van der Waals surface area (Å²) >= 11 is 0. The SMILES string of the molecule is CN(C)CC(O)CNC1CCOc2ccccc21. The van der Waals surface area contributed by atoms with E-state index in [0.29, 0.717) is 13.1 Å². The summed E-state index contributed by atoms with van der Waals surface area (Å²) in [6.45, 7) is 2.02. The topological polar surface area (TPSA) is 44.7 Å². The predicted molar refractivity (Wildman–Crippen MR) is 71.9 cm³/mol. The number of para-hydroxylation sites is 1. The lowest BCUT2D eigenvalue weighted by Crippen LogP contribution is -2.38. The molecule has 4 nitrogen and oxygen atoms in total. The highest BCUT2D eigenvalue weighted by molar-refractivity contribution is 5.37. The summed E-state index contributed by atoms with van der Waals surface area (Å²) in [7, 11) is 3.93. The molecule has 2 atom stereocenters. The lowest BCUT2D eigenvalue weighted by molar-refractivity contribution is 0.127. The third-order valence-corrected chi connectivity index (χ3v) is 3.13. The number of likely N-dealkylation sites (N-methyl/N-ethyl adjacent to an activating group) is 1. The molecule has 2 rings (SSSR count). The number of aliphatic hydroxyl groups excluding tert-OH is 1. The number of ether oxygens (including phenoxy) is 1. The minimum absolute atomic E-state index is 0.284. The maximum absolute atomic E-state index is 9.86. The fraction of sp³-hybridized carbons (Fsp3) is 0.571. The molecule has 2 N–H and O–H groups in total. The molecular weight excluding hydrogens is 228 g/mol. The molecule has 1 aliphatic heterocycles. The summed E-state index contributed by atoms with van der Waals surface area (Å²) in [6, 6.07) is 8.39. The van der Waals surface area contributed by atoms with Crippen molar-refractivity contribution in [3.8, 4) is 5.75 Å². The molecule has 0 bridgehead atoms. The molecule has 0 fully saturated rings. The van der Waals surface area contributed by atoms with E-state index in [1.54, 1.807) is 0 Å². The van der Waals surface area contributed by atoms with Gasteiger partial charge in [-0.2, -0.15) is 0 Å². The van der Waals surface area contributed by atoms with Crippen molar-refractivity contribution in [3.05, 3.63) is 29.8 Å². The largest absolute Gasteiger partial charge is 0.493 e. The second-order valence-corrected chi connectivity index (χ2v) is 5.05. The zero-order chi connectivity index (χ0) is 13.0. The number of aliphatic hydroxyl groups is 1. The van der Waals surface area contributed by atoms with Crippen LogP contribution in [0.25, 0.3) is 0 Å². The predicted octanol–water partition coefficient (Wildman–Crippen LogP) is 1.02. The van der Waals surface area contributed by atoms with Gasteiger partial charge in [0.25, 0.3) is 0 Å². The summed E-state index contributed by atoms with van der Waals surface area (Å²) in [5.74, 6) is 0.961. The number of nitrogens with one attached hydrogen (secondary N) is 1. The van der Waals surface area contributed by atoms with Gasteiger partial charge in [0.2, 0.25) is 0 Å². The van der Waals surface area contributed by atoms with E-state index in [1.165, 1.54) is 5.56 Å². The summed E-state index contributed by atoms with van der Waals surface area (Å²) in [4.78, 5) is 1.99. The summed E-state index contributed by atoms with van der Waals surface area (Å²) < 4.78 is 5.61. The molecule has 1 aliphatic rings. The minimum Gasteiger partial charge on any atom is -0.493 e. The number of hydrogen-bond acceptors (Lipinski definition) is 4. The summed E-state index contributed by atoms with van der Waals surface area (Å²) in [5, 5.41) is 13.3. The van der Waals surface area contributed by atoms with Crippen LogP contribution in [0.5, 0.6) is 5.75 Å². The fourth-order valence-electron chi connectivity index (χ4n) is 2.32. The molecule has 0 saturated heterocycles. The van der Waals surface area contributed by atoms with E-state index in [0.717, 1.165) is 18.8 Å². The Bertz CT molecular complexity index is 382. The zero-order valence-corrected chi connectivity index (χ0v) is 11.1. The van der Waals surface area contributed by atoms with Crippen LogP contribution in [0.4, 0.5) is 0 Å². The monoisotopic (exact) mass is 250 g/mol. The Balaban J connectivity index is 1.91. The van der Waals surface area contributed by atoms with Crippen molar-refractivity contribution in [2.75, 3.05) is 33.8 Å². The third kappa shape index (κ3) is 3.45. The van der Waals surface area contributed by atoms with E-state index in [-0.39, 0.29) is 12.1 Å². The maximum Gasteiger partial charge on any atom is 0.124 e. The molecule has 4 heteroatoms. The summed E-state index contributed by atoms with van der Waals surface area (Å²) in [5.41, 5.74) is 1.20. The maximum atomic E-state index is 9.86. The Morgan fingerprint density at radius 2 is 2.22 bits per heavy atom. The molecule has 100 valence electrons. The minimum atomic E-state index is -0.338. The highest BCUT2D eigenvalue weighted by Crippen LogP contribution is 2.31. The van der Waals surface area contributed by atoms with Crippen LogP contribution in [0, 0.1) is 0 Å². The Labute approximate surface area is 109 Å². The van der Waals surface area contributed by atoms with E-state index in [9.17, 15) is 5.11 Å². The molecular formula is C14H22N2O2. The van der Waals surface area contributed by atoms with Gasteiger partial charge in [-0.25, -0.2) is 0 Å². The molecule has 1 aromatic rings. The number of fused-ring (bicyclic) bond motifs is 1. The Hall–Kier alpha value is -1.10. The first-order chi connectivity index (χ1) is 8.66. The smallest absolute Gasteiger partial charge is 0.124 e. The lowest BCUT2D eigenvalue weighted by atomic mass is 10.0. The Morgan fingerprint density at radius 1 is 1.44 bits per heavy atom. The van der Waals surface area contributed by atoms with E-state index in [1.807, 2.05) is 37.2 Å². The van der Waals surface area contributed by atoms with Gasteiger partial charge in [-0.3, -0.25) is 0 Å².